The van der Waals surface area contributed by atoms with Crippen LogP contribution in [0.2, 0.25) is 0 Å². The van der Waals surface area contributed by atoms with E-state index in [-0.39, 0.29) is 16.8 Å². The van der Waals surface area contributed by atoms with Gasteiger partial charge in [0.2, 0.25) is 0 Å². The number of hydrogen-bond donors (Lipinski definition) is 2. The number of hydrogen-bond acceptors (Lipinski definition) is 3. The Morgan fingerprint density at radius 3 is 2.65 bits per heavy atom. The number of urea groups is 1. The van der Waals surface area contributed by atoms with E-state index in [2.05, 4.69) is 15.6 Å². The normalized spacial score (nSPS) is 14.4. The molecule has 0 radical (unpaired) electrons. The Labute approximate surface area is 123 Å². The van der Waals surface area contributed by atoms with Crippen LogP contribution in [0.4, 0.5) is 4.79 Å². The maximum absolute atomic E-state index is 11.8. The Kier molecular flexibility index (Phi) is 6.13. The van der Waals surface area contributed by atoms with E-state index in [0.717, 1.165) is 5.69 Å². The van der Waals surface area contributed by atoms with E-state index in [0.29, 0.717) is 12.3 Å². The Hall–Kier alpha value is -1.43. The van der Waals surface area contributed by atoms with Crippen molar-refractivity contribution in [2.24, 2.45) is 0 Å². The maximum atomic E-state index is 11.8. The van der Waals surface area contributed by atoms with E-state index in [4.69, 9.17) is 0 Å². The van der Waals surface area contributed by atoms with Crippen molar-refractivity contribution in [1.29, 1.82) is 0 Å². The standard InChI is InChI=1S/C14H23N3O2S/c1-11(12-7-5-6-8-15-12)17-13(18)16-9-10-20(19)14(2,3)4/h5-8,11H,9-10H2,1-4H3,(H2,16,17,18). The Morgan fingerprint density at radius 1 is 1.40 bits per heavy atom. The number of carbonyl (C=O) groups is 1. The summed E-state index contributed by atoms with van der Waals surface area (Å²) in [6, 6.07) is 5.14. The number of nitrogens with zero attached hydrogens (tertiary/aromatic N) is 1. The second kappa shape index (κ2) is 7.38. The predicted molar refractivity (Wildman–Crippen MR) is 81.9 cm³/mol. The molecule has 0 saturated carbocycles. The van der Waals surface area contributed by atoms with E-state index in [1.54, 1.807) is 6.20 Å². The highest BCUT2D eigenvalue weighted by atomic mass is 32.2. The molecule has 2 amide bonds. The molecule has 20 heavy (non-hydrogen) atoms. The molecule has 1 aromatic rings. The molecule has 0 aliphatic heterocycles. The van der Waals surface area contributed by atoms with Gasteiger partial charge in [0.15, 0.2) is 0 Å². The number of pyridine rings is 1. The fraction of sp³-hybridized carbons (Fsp3) is 0.571. The summed E-state index contributed by atoms with van der Waals surface area (Å²) in [6.45, 7) is 8.03. The largest absolute Gasteiger partial charge is 0.337 e. The number of amides is 2. The highest BCUT2D eigenvalue weighted by Crippen LogP contribution is 2.10. The predicted octanol–water partition coefficient (Wildman–Crippen LogP) is 1.99. The van der Waals surface area contributed by atoms with Gasteiger partial charge in [-0.1, -0.05) is 6.07 Å². The molecule has 112 valence electrons. The highest BCUT2D eigenvalue weighted by Gasteiger charge is 2.19. The molecule has 1 rings (SSSR count). The van der Waals surface area contributed by atoms with Gasteiger partial charge in [-0.15, -0.1) is 0 Å². The summed E-state index contributed by atoms with van der Waals surface area (Å²) >= 11 is 0. The molecule has 0 fully saturated rings. The van der Waals surface area contributed by atoms with Gasteiger partial charge in [-0.25, -0.2) is 4.79 Å². The molecular formula is C14H23N3O2S. The fourth-order valence-corrected chi connectivity index (χ4v) is 2.42. The lowest BCUT2D eigenvalue weighted by atomic mass is 10.2. The molecule has 0 bridgehead atoms. The van der Waals surface area contributed by atoms with Crippen LogP contribution in [0.1, 0.15) is 39.4 Å². The summed E-state index contributed by atoms with van der Waals surface area (Å²) in [6.07, 6.45) is 1.69. The van der Waals surface area contributed by atoms with Crippen molar-refractivity contribution in [3.05, 3.63) is 30.1 Å². The zero-order chi connectivity index (χ0) is 15.2. The average Bonchev–Trinajstić information content (AvgIpc) is 2.38. The Balaban J connectivity index is 2.33. The van der Waals surface area contributed by atoms with Crippen LogP contribution in [-0.4, -0.2) is 32.3 Å². The lowest BCUT2D eigenvalue weighted by molar-refractivity contribution is 0.238. The number of rotatable bonds is 5. The number of nitrogens with one attached hydrogen (secondary N) is 2. The molecule has 0 aliphatic carbocycles. The molecule has 0 saturated heterocycles. The van der Waals surface area contributed by atoms with E-state index in [1.807, 2.05) is 45.9 Å². The molecule has 5 nitrogen and oxygen atoms in total. The van der Waals surface area contributed by atoms with Crippen molar-refractivity contribution in [2.45, 2.75) is 38.5 Å². The van der Waals surface area contributed by atoms with E-state index in [9.17, 15) is 9.00 Å². The summed E-state index contributed by atoms with van der Waals surface area (Å²) in [5.41, 5.74) is 0.806. The van der Waals surface area contributed by atoms with Gasteiger partial charge in [0, 0.05) is 34.0 Å². The average molecular weight is 297 g/mol. The smallest absolute Gasteiger partial charge is 0.315 e. The SMILES string of the molecule is CC(NC(=O)NCCS(=O)C(C)(C)C)c1ccccn1. The molecule has 0 spiro atoms. The minimum Gasteiger partial charge on any atom is -0.337 e. The van der Waals surface area contributed by atoms with Crippen molar-refractivity contribution in [2.75, 3.05) is 12.3 Å². The van der Waals surface area contributed by atoms with Crippen LogP contribution >= 0.6 is 0 Å². The van der Waals surface area contributed by atoms with E-state index < -0.39 is 10.8 Å². The molecule has 6 heteroatoms. The zero-order valence-corrected chi connectivity index (χ0v) is 13.3. The van der Waals surface area contributed by atoms with Crippen LogP contribution in [0.3, 0.4) is 0 Å². The van der Waals surface area contributed by atoms with Gasteiger partial charge >= 0.3 is 6.03 Å². The number of aromatic nitrogens is 1. The first-order chi connectivity index (χ1) is 9.30. The third kappa shape index (κ3) is 5.69. The molecule has 2 unspecified atom stereocenters. The van der Waals surface area contributed by atoms with Gasteiger partial charge in [0.1, 0.15) is 0 Å². The minimum absolute atomic E-state index is 0.163. The van der Waals surface area contributed by atoms with Crippen molar-refractivity contribution < 1.29 is 9.00 Å². The first kappa shape index (κ1) is 16.6. The second-order valence-corrected chi connectivity index (χ2v) is 7.86. The van der Waals surface area contributed by atoms with E-state index >= 15 is 0 Å². The summed E-state index contributed by atoms with van der Waals surface area (Å²) < 4.78 is 11.6. The monoisotopic (exact) mass is 297 g/mol. The molecule has 0 aliphatic rings. The van der Waals surface area contributed by atoms with Crippen LogP contribution < -0.4 is 10.6 Å². The van der Waals surface area contributed by atoms with Crippen molar-refractivity contribution in [1.82, 2.24) is 15.6 Å². The zero-order valence-electron chi connectivity index (χ0n) is 12.5. The topological polar surface area (TPSA) is 71.1 Å². The lowest BCUT2D eigenvalue weighted by Crippen LogP contribution is -2.40. The Morgan fingerprint density at radius 2 is 2.10 bits per heavy atom. The van der Waals surface area contributed by atoms with Gasteiger partial charge in [-0.05, 0) is 39.8 Å². The van der Waals surface area contributed by atoms with Crippen LogP contribution in [-0.2, 0) is 10.8 Å². The first-order valence-electron chi connectivity index (χ1n) is 6.64. The van der Waals surface area contributed by atoms with Crippen molar-refractivity contribution >= 4 is 16.8 Å². The Bertz CT molecular complexity index is 457. The molecule has 2 atom stereocenters. The lowest BCUT2D eigenvalue weighted by Gasteiger charge is -2.18. The molecule has 0 aromatic carbocycles. The van der Waals surface area contributed by atoms with Gasteiger partial charge in [-0.2, -0.15) is 0 Å². The quantitative estimate of drug-likeness (QED) is 0.873. The van der Waals surface area contributed by atoms with Gasteiger partial charge in [0.25, 0.3) is 0 Å². The first-order valence-corrected chi connectivity index (χ1v) is 7.96. The van der Waals surface area contributed by atoms with Crippen molar-refractivity contribution in [3.63, 3.8) is 0 Å². The molecule has 1 heterocycles. The summed E-state index contributed by atoms with van der Waals surface area (Å²) in [4.78, 5) is 15.9. The highest BCUT2D eigenvalue weighted by molar-refractivity contribution is 7.86. The number of carbonyl (C=O) groups excluding carboxylic acids is 1. The van der Waals surface area contributed by atoms with Crippen LogP contribution in [0.25, 0.3) is 0 Å². The summed E-state index contributed by atoms with van der Waals surface area (Å²) in [5, 5.41) is 5.51. The maximum Gasteiger partial charge on any atom is 0.315 e. The fourth-order valence-electron chi connectivity index (χ4n) is 1.52. The second-order valence-electron chi connectivity index (χ2n) is 5.54. The minimum atomic E-state index is -0.957. The third-order valence-corrected chi connectivity index (χ3v) is 4.68. The van der Waals surface area contributed by atoms with Gasteiger partial charge < -0.3 is 10.6 Å². The summed E-state index contributed by atoms with van der Waals surface area (Å²) in [5.74, 6) is 0.453. The van der Waals surface area contributed by atoms with Crippen LogP contribution in [0, 0.1) is 0 Å². The molecule has 1 aromatic heterocycles. The van der Waals surface area contributed by atoms with Gasteiger partial charge in [-0.3, -0.25) is 9.19 Å². The van der Waals surface area contributed by atoms with E-state index in [1.165, 1.54) is 0 Å². The van der Waals surface area contributed by atoms with Crippen LogP contribution in [0.5, 0.6) is 0 Å². The molecule has 2 N–H and O–H groups in total. The van der Waals surface area contributed by atoms with Crippen molar-refractivity contribution in [3.8, 4) is 0 Å². The van der Waals surface area contributed by atoms with Gasteiger partial charge in [0.05, 0.1) is 11.7 Å². The molecular weight excluding hydrogens is 274 g/mol. The third-order valence-electron chi connectivity index (χ3n) is 2.74. The van der Waals surface area contributed by atoms with Crippen LogP contribution in [0.15, 0.2) is 24.4 Å². The summed E-state index contributed by atoms with van der Waals surface area (Å²) in [7, 11) is -0.957.